The van der Waals surface area contributed by atoms with E-state index in [1.165, 1.54) is 22.7 Å². The second-order valence-electron chi connectivity index (χ2n) is 6.37. The van der Waals surface area contributed by atoms with Gasteiger partial charge in [-0.3, -0.25) is 4.79 Å². The summed E-state index contributed by atoms with van der Waals surface area (Å²) in [7, 11) is -1.39. The van der Waals surface area contributed by atoms with Gasteiger partial charge in [0.15, 0.2) is 5.01 Å². The van der Waals surface area contributed by atoms with Crippen LogP contribution in [-0.2, 0) is 16.4 Å². The van der Waals surface area contributed by atoms with E-state index >= 15 is 0 Å². The van der Waals surface area contributed by atoms with Crippen molar-refractivity contribution in [3.05, 3.63) is 65.3 Å². The van der Waals surface area contributed by atoms with E-state index in [2.05, 4.69) is 21.1 Å². The molecule has 0 radical (unpaired) electrons. The van der Waals surface area contributed by atoms with Crippen LogP contribution in [0, 0.1) is 0 Å². The fraction of sp³-hybridized carbons (Fsp3) is 0.105. The molecule has 4 rings (SSSR count). The van der Waals surface area contributed by atoms with Gasteiger partial charge in [-0.15, -0.1) is 21.5 Å². The molecule has 0 aliphatic heterocycles. The number of carbonyl (C=O) groups is 1. The number of hydrogen-bond donors (Lipinski definition) is 1. The van der Waals surface area contributed by atoms with Crippen LogP contribution in [0.1, 0.15) is 21.6 Å². The number of aromatic nitrogens is 3. The summed E-state index contributed by atoms with van der Waals surface area (Å²) < 4.78 is 19.3. The van der Waals surface area contributed by atoms with Crippen molar-refractivity contribution in [2.24, 2.45) is 5.14 Å². The summed E-state index contributed by atoms with van der Waals surface area (Å²) in [6, 6.07) is 15.8. The van der Waals surface area contributed by atoms with Gasteiger partial charge in [-0.2, -0.15) is 0 Å². The maximum atomic E-state index is 12.7. The van der Waals surface area contributed by atoms with Crippen LogP contribution in [0.15, 0.2) is 52.9 Å². The normalized spacial score (nSPS) is 13.6. The predicted molar refractivity (Wildman–Crippen MR) is 114 cm³/mol. The largest absolute Gasteiger partial charge is 0.416 e. The van der Waals surface area contributed by atoms with Gasteiger partial charge in [-0.05, 0) is 29.1 Å². The molecule has 4 aromatic rings. The average molecular weight is 428 g/mol. The Morgan fingerprint density at radius 3 is 2.69 bits per heavy atom. The summed E-state index contributed by atoms with van der Waals surface area (Å²) >= 11 is 1.26. The lowest BCUT2D eigenvalue weighted by molar-refractivity contribution is 0.1000. The van der Waals surface area contributed by atoms with Crippen molar-refractivity contribution in [3.8, 4) is 11.1 Å². The van der Waals surface area contributed by atoms with E-state index in [1.54, 1.807) is 0 Å². The van der Waals surface area contributed by atoms with Gasteiger partial charge in [0, 0.05) is 7.05 Å². The molecule has 0 spiro atoms. The van der Waals surface area contributed by atoms with Crippen LogP contribution in [0.2, 0.25) is 0 Å². The fourth-order valence-electron chi connectivity index (χ4n) is 2.63. The van der Waals surface area contributed by atoms with Crippen molar-refractivity contribution in [1.29, 1.82) is 0 Å². The zero-order valence-electron chi connectivity index (χ0n) is 15.4. The number of nitrogens with zero attached hydrogens (tertiary/aromatic N) is 4. The number of benzene rings is 2. The van der Waals surface area contributed by atoms with Crippen LogP contribution in [0.5, 0.6) is 0 Å². The number of rotatable bonds is 6. The summed E-state index contributed by atoms with van der Waals surface area (Å²) in [5.74, 6) is 2.85. The standard InChI is InChI=1S/C19H17N5O3S2/c1-24(29(2,20)26)11-16-22-23-18(27-16)17(25)19-21-14-9-8-13(10-15(14)28-19)12-6-4-3-5-7-12/h3-10H,2,11H2,1H3,(H2,20,26). The third-order valence-corrected chi connectivity index (χ3v) is 6.44. The van der Waals surface area contributed by atoms with Crippen LogP contribution in [0.25, 0.3) is 21.3 Å². The topological polar surface area (TPSA) is 115 Å². The first kappa shape index (κ1) is 19.4. The Labute approximate surface area is 171 Å². The van der Waals surface area contributed by atoms with E-state index in [-0.39, 0.29) is 23.3 Å². The van der Waals surface area contributed by atoms with Gasteiger partial charge in [0.05, 0.1) is 26.7 Å². The maximum Gasteiger partial charge on any atom is 0.291 e. The Morgan fingerprint density at radius 1 is 1.21 bits per heavy atom. The smallest absolute Gasteiger partial charge is 0.291 e. The molecule has 148 valence electrons. The summed E-state index contributed by atoms with van der Waals surface area (Å²) in [4.78, 5) is 17.1. The highest BCUT2D eigenvalue weighted by Crippen LogP contribution is 2.29. The molecule has 1 atom stereocenters. The van der Waals surface area contributed by atoms with E-state index in [0.717, 1.165) is 21.3 Å². The number of ketones is 1. The quantitative estimate of drug-likeness (QED) is 0.373. The van der Waals surface area contributed by atoms with E-state index in [4.69, 9.17) is 9.56 Å². The Balaban J connectivity index is 1.59. The number of nitrogens with two attached hydrogens (primary N) is 1. The highest BCUT2D eigenvalue weighted by Gasteiger charge is 2.22. The van der Waals surface area contributed by atoms with Crippen molar-refractivity contribution in [1.82, 2.24) is 19.5 Å². The molecule has 1 unspecified atom stereocenters. The molecule has 0 amide bonds. The van der Waals surface area contributed by atoms with E-state index < -0.39 is 15.7 Å². The molecule has 29 heavy (non-hydrogen) atoms. The predicted octanol–water partition coefficient (Wildman–Crippen LogP) is 2.51. The van der Waals surface area contributed by atoms with E-state index in [1.807, 2.05) is 48.5 Å². The minimum absolute atomic E-state index is 0.0133. The van der Waals surface area contributed by atoms with E-state index in [0.29, 0.717) is 0 Å². The molecule has 8 nitrogen and oxygen atoms in total. The van der Waals surface area contributed by atoms with Gasteiger partial charge >= 0.3 is 0 Å². The lowest BCUT2D eigenvalue weighted by Gasteiger charge is -2.14. The van der Waals surface area contributed by atoms with Crippen LogP contribution in [0.4, 0.5) is 0 Å². The molecule has 0 bridgehead atoms. The third-order valence-electron chi connectivity index (χ3n) is 4.24. The molecule has 2 heterocycles. The molecule has 10 heteroatoms. The third kappa shape index (κ3) is 4.10. The van der Waals surface area contributed by atoms with Crippen molar-refractivity contribution < 1.29 is 13.4 Å². The van der Waals surface area contributed by atoms with Gasteiger partial charge < -0.3 is 4.42 Å². The molecule has 0 fully saturated rings. The minimum atomic E-state index is -2.90. The average Bonchev–Trinajstić information content (AvgIpc) is 3.33. The van der Waals surface area contributed by atoms with Crippen molar-refractivity contribution in [3.63, 3.8) is 0 Å². The Kier molecular flexibility index (Phi) is 5.01. The fourth-order valence-corrected chi connectivity index (χ4v) is 3.90. The second-order valence-corrected chi connectivity index (χ2v) is 9.41. The SMILES string of the molecule is C=S(N)(=O)N(C)Cc1nnc(C(=O)c2nc3ccc(-c4ccccc4)cc3s2)o1. The molecule has 0 aliphatic carbocycles. The summed E-state index contributed by atoms with van der Waals surface area (Å²) in [5.41, 5.74) is 2.85. The van der Waals surface area contributed by atoms with Gasteiger partial charge in [0.2, 0.25) is 5.89 Å². The highest BCUT2D eigenvalue weighted by molar-refractivity contribution is 7.95. The van der Waals surface area contributed by atoms with Gasteiger partial charge in [-0.25, -0.2) is 18.6 Å². The first-order chi connectivity index (χ1) is 13.8. The molecule has 2 N–H and O–H groups in total. The lowest BCUT2D eigenvalue weighted by atomic mass is 10.1. The molecule has 2 aromatic heterocycles. The zero-order valence-corrected chi connectivity index (χ0v) is 17.1. The minimum Gasteiger partial charge on any atom is -0.416 e. The van der Waals surface area contributed by atoms with Gasteiger partial charge in [0.25, 0.3) is 11.7 Å². The summed E-state index contributed by atoms with van der Waals surface area (Å²) in [6.45, 7) is 0.0133. The van der Waals surface area contributed by atoms with E-state index in [9.17, 15) is 9.00 Å². The van der Waals surface area contributed by atoms with Crippen LogP contribution < -0.4 is 5.14 Å². The van der Waals surface area contributed by atoms with Gasteiger partial charge in [-0.1, -0.05) is 36.4 Å². The second kappa shape index (κ2) is 7.48. The number of hydrogen-bond acceptors (Lipinski definition) is 7. The number of carbonyl (C=O) groups excluding carboxylic acids is 1. The number of fused-ring (bicyclic) bond motifs is 1. The molecule has 0 saturated carbocycles. The van der Waals surface area contributed by atoms with Crippen molar-refractivity contribution in [2.75, 3.05) is 7.05 Å². The maximum absolute atomic E-state index is 12.7. The lowest BCUT2D eigenvalue weighted by Crippen LogP contribution is -2.32. The Hall–Kier alpha value is -2.92. The monoisotopic (exact) mass is 427 g/mol. The van der Waals surface area contributed by atoms with Crippen LogP contribution in [0.3, 0.4) is 0 Å². The number of thiazole rings is 1. The first-order valence-electron chi connectivity index (χ1n) is 8.50. The molecule has 0 aliphatic rings. The van der Waals surface area contributed by atoms with Gasteiger partial charge in [0.1, 0.15) is 0 Å². The van der Waals surface area contributed by atoms with Crippen LogP contribution in [-0.4, -0.2) is 42.4 Å². The summed E-state index contributed by atoms with van der Waals surface area (Å²) in [5, 5.41) is 13.3. The van der Waals surface area contributed by atoms with Crippen LogP contribution >= 0.6 is 11.3 Å². The van der Waals surface area contributed by atoms with Crippen molar-refractivity contribution >= 4 is 43.1 Å². The first-order valence-corrected chi connectivity index (χ1v) is 11.1. The molecular weight excluding hydrogens is 410 g/mol. The Bertz CT molecular complexity index is 1300. The highest BCUT2D eigenvalue weighted by atomic mass is 32.2. The molecule has 0 saturated heterocycles. The Morgan fingerprint density at radius 2 is 1.97 bits per heavy atom. The zero-order chi connectivity index (χ0) is 20.6. The summed E-state index contributed by atoms with van der Waals surface area (Å²) in [6.07, 6.45) is 0. The van der Waals surface area contributed by atoms with Crippen molar-refractivity contribution in [2.45, 2.75) is 6.54 Å². The molecular formula is C19H17N5O3S2. The molecule has 2 aromatic carbocycles.